The first kappa shape index (κ1) is 19.2. The number of aromatic nitrogens is 1. The number of carbonyl (C=O) groups excluding carboxylic acids is 1. The topological polar surface area (TPSA) is 86.2 Å². The molecule has 0 aliphatic carbocycles. The van der Waals surface area contributed by atoms with Gasteiger partial charge in [-0.25, -0.2) is 0 Å². The number of hydrogen-bond acceptors (Lipinski definition) is 5. The van der Waals surface area contributed by atoms with Crippen LogP contribution in [0.3, 0.4) is 0 Å². The van der Waals surface area contributed by atoms with Crippen molar-refractivity contribution in [3.05, 3.63) is 70.9 Å². The van der Waals surface area contributed by atoms with Gasteiger partial charge in [0.15, 0.2) is 0 Å². The average molecular weight is 406 g/mol. The van der Waals surface area contributed by atoms with Crippen molar-refractivity contribution in [3.8, 4) is 6.07 Å². The molecule has 7 heteroatoms. The zero-order valence-electron chi connectivity index (χ0n) is 15.8. The Labute approximate surface area is 174 Å². The van der Waals surface area contributed by atoms with Crippen LogP contribution in [0.15, 0.2) is 54.7 Å². The van der Waals surface area contributed by atoms with Gasteiger partial charge in [-0.1, -0.05) is 41.9 Å². The molecule has 2 N–H and O–H groups in total. The number of hydrogen-bond donors (Lipinski definition) is 1. The quantitative estimate of drug-likeness (QED) is 0.720. The van der Waals surface area contributed by atoms with Gasteiger partial charge in [-0.3, -0.25) is 14.7 Å². The number of pyridine rings is 1. The molecule has 1 aliphatic heterocycles. The minimum atomic E-state index is -0.461. The molecular formula is C22H20ClN5O. The van der Waals surface area contributed by atoms with Crippen molar-refractivity contribution in [1.82, 2.24) is 9.88 Å². The molecule has 29 heavy (non-hydrogen) atoms. The minimum absolute atomic E-state index is 0.358. The fourth-order valence-electron chi connectivity index (χ4n) is 3.97. The number of nitrogens with two attached hydrogens (primary N) is 1. The number of halogens is 1. The van der Waals surface area contributed by atoms with Crippen LogP contribution < -0.4 is 10.6 Å². The van der Waals surface area contributed by atoms with E-state index < -0.39 is 6.04 Å². The molecule has 2 aromatic carbocycles. The number of fused-ring (bicyclic) bond motifs is 1. The lowest BCUT2D eigenvalue weighted by Crippen LogP contribution is -2.50. The molecule has 1 saturated heterocycles. The SMILES string of the molecule is N#Cc1cnc2ccc(Cl)cc2c1N1CCN(C(C(N)=O)c2ccccc2)CC1. The second-order valence-electron chi connectivity index (χ2n) is 7.03. The molecule has 6 nitrogen and oxygen atoms in total. The van der Waals surface area contributed by atoms with Crippen LogP contribution in [0.2, 0.25) is 5.02 Å². The number of rotatable bonds is 4. The lowest BCUT2D eigenvalue weighted by Gasteiger charge is -2.39. The molecule has 2 heterocycles. The van der Waals surface area contributed by atoms with E-state index in [-0.39, 0.29) is 5.91 Å². The first-order chi connectivity index (χ1) is 14.1. The van der Waals surface area contributed by atoms with Gasteiger partial charge in [0.05, 0.1) is 16.8 Å². The molecule has 0 spiro atoms. The Morgan fingerprint density at radius 2 is 1.86 bits per heavy atom. The van der Waals surface area contributed by atoms with E-state index in [2.05, 4.69) is 20.9 Å². The highest BCUT2D eigenvalue weighted by Crippen LogP contribution is 2.33. The van der Waals surface area contributed by atoms with Gasteiger partial charge in [-0.2, -0.15) is 5.26 Å². The molecule has 1 unspecified atom stereocenters. The van der Waals surface area contributed by atoms with Crippen LogP contribution >= 0.6 is 11.6 Å². The summed E-state index contributed by atoms with van der Waals surface area (Å²) in [5.41, 5.74) is 8.77. The predicted molar refractivity (Wildman–Crippen MR) is 114 cm³/mol. The predicted octanol–water partition coefficient (Wildman–Crippen LogP) is 3.11. The zero-order chi connectivity index (χ0) is 20.4. The van der Waals surface area contributed by atoms with Crippen molar-refractivity contribution >= 4 is 34.1 Å². The first-order valence-corrected chi connectivity index (χ1v) is 9.78. The third-order valence-corrected chi connectivity index (χ3v) is 5.54. The lowest BCUT2D eigenvalue weighted by molar-refractivity contribution is -0.123. The van der Waals surface area contributed by atoms with E-state index >= 15 is 0 Å². The summed E-state index contributed by atoms with van der Waals surface area (Å²) in [5.74, 6) is -0.358. The van der Waals surface area contributed by atoms with Gasteiger partial charge in [-0.05, 0) is 23.8 Å². The first-order valence-electron chi connectivity index (χ1n) is 9.40. The van der Waals surface area contributed by atoms with Crippen LogP contribution in [0.25, 0.3) is 10.9 Å². The fraction of sp³-hybridized carbons (Fsp3) is 0.227. The summed E-state index contributed by atoms with van der Waals surface area (Å²) < 4.78 is 0. The molecule has 0 bridgehead atoms. The van der Waals surface area contributed by atoms with E-state index in [1.165, 1.54) is 0 Å². The highest BCUT2D eigenvalue weighted by Gasteiger charge is 2.30. The molecular weight excluding hydrogens is 386 g/mol. The normalized spacial score (nSPS) is 15.8. The molecule has 146 valence electrons. The highest BCUT2D eigenvalue weighted by molar-refractivity contribution is 6.31. The molecule has 1 aromatic heterocycles. The van der Waals surface area contributed by atoms with E-state index in [0.29, 0.717) is 36.8 Å². The molecule has 3 aromatic rings. The molecule has 0 saturated carbocycles. The smallest absolute Gasteiger partial charge is 0.239 e. The van der Waals surface area contributed by atoms with Crippen LogP contribution in [0.4, 0.5) is 5.69 Å². The van der Waals surface area contributed by atoms with Gasteiger partial charge in [0.25, 0.3) is 0 Å². The van der Waals surface area contributed by atoms with Gasteiger partial charge in [0.1, 0.15) is 12.1 Å². The van der Waals surface area contributed by atoms with Crippen LogP contribution in [-0.4, -0.2) is 42.0 Å². The van der Waals surface area contributed by atoms with Crippen LogP contribution in [0, 0.1) is 11.3 Å². The number of piperazine rings is 1. The maximum atomic E-state index is 12.2. The van der Waals surface area contributed by atoms with Crippen molar-refractivity contribution in [2.45, 2.75) is 6.04 Å². The number of primary amides is 1. The van der Waals surface area contributed by atoms with E-state index in [0.717, 1.165) is 22.2 Å². The fourth-order valence-corrected chi connectivity index (χ4v) is 4.14. The van der Waals surface area contributed by atoms with Gasteiger partial charge >= 0.3 is 0 Å². The second kappa shape index (κ2) is 8.08. The zero-order valence-corrected chi connectivity index (χ0v) is 16.5. The Hall–Kier alpha value is -3.14. The Morgan fingerprint density at radius 1 is 1.14 bits per heavy atom. The summed E-state index contributed by atoms with van der Waals surface area (Å²) in [7, 11) is 0. The Kier molecular flexibility index (Phi) is 5.34. The molecule has 1 atom stereocenters. The highest BCUT2D eigenvalue weighted by atomic mass is 35.5. The van der Waals surface area contributed by atoms with E-state index in [1.807, 2.05) is 42.5 Å². The van der Waals surface area contributed by atoms with Crippen LogP contribution in [-0.2, 0) is 4.79 Å². The van der Waals surface area contributed by atoms with Crippen LogP contribution in [0.1, 0.15) is 17.2 Å². The number of nitriles is 1. The minimum Gasteiger partial charge on any atom is -0.368 e. The molecule has 1 fully saturated rings. The number of nitrogens with zero attached hydrogens (tertiary/aromatic N) is 4. The number of anilines is 1. The molecule has 1 aliphatic rings. The van der Waals surface area contributed by atoms with Crippen molar-refractivity contribution < 1.29 is 4.79 Å². The van der Waals surface area contributed by atoms with Crippen molar-refractivity contribution in [1.29, 1.82) is 5.26 Å². The van der Waals surface area contributed by atoms with Gasteiger partial charge in [0, 0.05) is 42.8 Å². The lowest BCUT2D eigenvalue weighted by atomic mass is 10.0. The largest absolute Gasteiger partial charge is 0.368 e. The second-order valence-corrected chi connectivity index (χ2v) is 7.47. The Bertz CT molecular complexity index is 1090. The third kappa shape index (κ3) is 3.75. The number of amides is 1. The summed E-state index contributed by atoms with van der Waals surface area (Å²) in [5, 5.41) is 11.1. The molecule has 0 radical (unpaired) electrons. The van der Waals surface area contributed by atoms with Gasteiger partial charge in [0.2, 0.25) is 5.91 Å². The molecule has 4 rings (SSSR count). The van der Waals surface area contributed by atoms with E-state index in [4.69, 9.17) is 17.3 Å². The summed E-state index contributed by atoms with van der Waals surface area (Å²) in [4.78, 5) is 20.8. The van der Waals surface area contributed by atoms with Crippen LogP contribution in [0.5, 0.6) is 0 Å². The van der Waals surface area contributed by atoms with Gasteiger partial charge < -0.3 is 10.6 Å². The number of benzene rings is 2. The Balaban J connectivity index is 1.63. The summed E-state index contributed by atoms with van der Waals surface area (Å²) in [6.45, 7) is 2.63. The third-order valence-electron chi connectivity index (χ3n) is 5.30. The maximum absolute atomic E-state index is 12.2. The van der Waals surface area contributed by atoms with Crippen molar-refractivity contribution in [2.75, 3.05) is 31.1 Å². The monoisotopic (exact) mass is 405 g/mol. The van der Waals surface area contributed by atoms with Gasteiger partial charge in [-0.15, -0.1) is 0 Å². The standard InChI is InChI=1S/C22H20ClN5O/c23-17-6-7-19-18(12-17)20(16(13-24)14-26-19)27-8-10-28(11-9-27)21(22(25)29)15-4-2-1-3-5-15/h1-7,12,14,21H,8-11H2,(H2,25,29). The summed E-state index contributed by atoms with van der Waals surface area (Å²) in [6.07, 6.45) is 1.61. The summed E-state index contributed by atoms with van der Waals surface area (Å²) >= 11 is 6.20. The number of carbonyl (C=O) groups is 1. The van der Waals surface area contributed by atoms with Crippen molar-refractivity contribution in [2.24, 2.45) is 5.73 Å². The molecule has 1 amide bonds. The van der Waals surface area contributed by atoms with E-state index in [9.17, 15) is 10.1 Å². The van der Waals surface area contributed by atoms with Crippen molar-refractivity contribution in [3.63, 3.8) is 0 Å². The Morgan fingerprint density at radius 3 is 2.52 bits per heavy atom. The summed E-state index contributed by atoms with van der Waals surface area (Å²) in [6, 6.07) is 16.9. The van der Waals surface area contributed by atoms with E-state index in [1.54, 1.807) is 12.3 Å². The average Bonchev–Trinajstić information content (AvgIpc) is 2.74. The maximum Gasteiger partial charge on any atom is 0.239 e.